The molecule has 0 amide bonds. The Hall–Kier alpha value is -0.610. The van der Waals surface area contributed by atoms with E-state index in [2.05, 4.69) is 30.7 Å². The van der Waals surface area contributed by atoms with Crippen molar-refractivity contribution in [3.8, 4) is 0 Å². The molecule has 1 aliphatic heterocycles. The molecule has 0 aliphatic carbocycles. The maximum absolute atomic E-state index is 7.44. The van der Waals surface area contributed by atoms with Crippen LogP contribution in [0.4, 0.5) is 0 Å². The Kier molecular flexibility index (Phi) is 5.92. The number of likely N-dealkylation sites (tertiary alicyclic amines) is 1. The van der Waals surface area contributed by atoms with Crippen molar-refractivity contribution in [3.63, 3.8) is 0 Å². The summed E-state index contributed by atoms with van der Waals surface area (Å²) in [6.07, 6.45) is 4.28. The largest absolute Gasteiger partial charge is 0.388 e. The van der Waals surface area contributed by atoms with Gasteiger partial charge in [-0.15, -0.1) is 0 Å². The molecular weight excluding hydrogens is 212 g/mol. The van der Waals surface area contributed by atoms with E-state index in [1.54, 1.807) is 0 Å². The second kappa shape index (κ2) is 6.97. The standard InChI is InChI=1S/C13H28N4/c1-4-11(10-13(14)15)16(3)12-6-8-17(5-2)9-7-12/h11-12H,4-10H2,1-3H3,(H3,14,15). The Morgan fingerprint density at radius 3 is 2.41 bits per heavy atom. The van der Waals surface area contributed by atoms with Crippen LogP contribution in [0, 0.1) is 5.41 Å². The molecule has 1 rings (SSSR count). The van der Waals surface area contributed by atoms with Gasteiger partial charge in [-0.3, -0.25) is 10.3 Å². The van der Waals surface area contributed by atoms with Crippen LogP contribution in [-0.2, 0) is 0 Å². The number of amidine groups is 1. The van der Waals surface area contributed by atoms with Gasteiger partial charge < -0.3 is 10.6 Å². The van der Waals surface area contributed by atoms with Gasteiger partial charge in [0.2, 0.25) is 0 Å². The van der Waals surface area contributed by atoms with Gasteiger partial charge in [0.15, 0.2) is 0 Å². The summed E-state index contributed by atoms with van der Waals surface area (Å²) < 4.78 is 0. The fourth-order valence-electron chi connectivity index (χ4n) is 2.77. The zero-order valence-electron chi connectivity index (χ0n) is 11.6. The third kappa shape index (κ3) is 4.28. The molecule has 0 radical (unpaired) electrons. The lowest BCUT2D eigenvalue weighted by Gasteiger charge is -2.40. The minimum absolute atomic E-state index is 0.315. The lowest BCUT2D eigenvalue weighted by Crippen LogP contribution is -2.47. The van der Waals surface area contributed by atoms with Gasteiger partial charge in [0.25, 0.3) is 0 Å². The van der Waals surface area contributed by atoms with Crippen LogP contribution in [0.15, 0.2) is 0 Å². The molecule has 4 heteroatoms. The van der Waals surface area contributed by atoms with E-state index in [9.17, 15) is 0 Å². The first-order chi connectivity index (χ1) is 8.08. The summed E-state index contributed by atoms with van der Waals surface area (Å²) in [4.78, 5) is 4.96. The molecule has 0 aromatic rings. The maximum Gasteiger partial charge on any atom is 0.0921 e. The number of piperidine rings is 1. The summed E-state index contributed by atoms with van der Waals surface area (Å²) in [5, 5.41) is 7.44. The third-order valence-electron chi connectivity index (χ3n) is 4.08. The van der Waals surface area contributed by atoms with E-state index >= 15 is 0 Å². The highest BCUT2D eigenvalue weighted by Crippen LogP contribution is 2.19. The predicted molar refractivity (Wildman–Crippen MR) is 73.5 cm³/mol. The Bertz CT molecular complexity index is 234. The normalized spacial score (nSPS) is 20.7. The van der Waals surface area contributed by atoms with E-state index < -0.39 is 0 Å². The number of nitrogens with one attached hydrogen (secondary N) is 1. The topological polar surface area (TPSA) is 56.4 Å². The van der Waals surface area contributed by atoms with Gasteiger partial charge in [-0.25, -0.2) is 0 Å². The maximum atomic E-state index is 7.44. The Labute approximate surface area is 106 Å². The van der Waals surface area contributed by atoms with Crippen molar-refractivity contribution in [1.29, 1.82) is 5.41 Å². The molecule has 1 saturated heterocycles. The van der Waals surface area contributed by atoms with E-state index in [1.165, 1.54) is 32.5 Å². The molecule has 17 heavy (non-hydrogen) atoms. The predicted octanol–water partition coefficient (Wildman–Crippen LogP) is 1.51. The van der Waals surface area contributed by atoms with Crippen LogP contribution in [0.1, 0.15) is 39.5 Å². The molecule has 0 saturated carbocycles. The smallest absolute Gasteiger partial charge is 0.0921 e. The van der Waals surface area contributed by atoms with Crippen molar-refractivity contribution < 1.29 is 0 Å². The van der Waals surface area contributed by atoms with Crippen LogP contribution in [0.25, 0.3) is 0 Å². The Morgan fingerprint density at radius 2 is 2.00 bits per heavy atom. The number of hydrogen-bond acceptors (Lipinski definition) is 3. The van der Waals surface area contributed by atoms with Gasteiger partial charge >= 0.3 is 0 Å². The first-order valence-electron chi connectivity index (χ1n) is 6.85. The van der Waals surface area contributed by atoms with Gasteiger partial charge in [-0.2, -0.15) is 0 Å². The Morgan fingerprint density at radius 1 is 1.41 bits per heavy atom. The Balaban J connectivity index is 2.45. The van der Waals surface area contributed by atoms with Crippen molar-refractivity contribution in [2.75, 3.05) is 26.7 Å². The fourth-order valence-corrected chi connectivity index (χ4v) is 2.77. The van der Waals surface area contributed by atoms with E-state index in [-0.39, 0.29) is 0 Å². The van der Waals surface area contributed by atoms with Gasteiger partial charge in [0.05, 0.1) is 5.84 Å². The van der Waals surface area contributed by atoms with Gasteiger partial charge in [0, 0.05) is 18.5 Å². The molecular formula is C13H28N4. The monoisotopic (exact) mass is 240 g/mol. The van der Waals surface area contributed by atoms with Crippen molar-refractivity contribution in [1.82, 2.24) is 9.80 Å². The highest BCUT2D eigenvalue weighted by atomic mass is 15.2. The highest BCUT2D eigenvalue weighted by molar-refractivity contribution is 5.77. The molecule has 1 heterocycles. The zero-order valence-corrected chi connectivity index (χ0v) is 11.6. The molecule has 1 atom stereocenters. The van der Waals surface area contributed by atoms with Crippen LogP contribution in [-0.4, -0.2) is 54.4 Å². The summed E-state index contributed by atoms with van der Waals surface area (Å²) >= 11 is 0. The quantitative estimate of drug-likeness (QED) is 0.546. The van der Waals surface area contributed by atoms with Crippen molar-refractivity contribution in [2.24, 2.45) is 5.73 Å². The van der Waals surface area contributed by atoms with Crippen LogP contribution in [0.3, 0.4) is 0 Å². The molecule has 100 valence electrons. The molecule has 1 fully saturated rings. The SMILES string of the molecule is CCC(CC(=N)N)N(C)C1CCN(CC)CC1. The minimum Gasteiger partial charge on any atom is -0.388 e. The molecule has 0 spiro atoms. The number of hydrogen-bond donors (Lipinski definition) is 2. The number of nitrogens with zero attached hydrogens (tertiary/aromatic N) is 2. The van der Waals surface area contributed by atoms with Crippen LogP contribution < -0.4 is 5.73 Å². The number of rotatable bonds is 6. The van der Waals surface area contributed by atoms with Crippen LogP contribution in [0.2, 0.25) is 0 Å². The third-order valence-corrected chi connectivity index (χ3v) is 4.08. The second-order valence-corrected chi connectivity index (χ2v) is 5.12. The van der Waals surface area contributed by atoms with Gasteiger partial charge in [-0.1, -0.05) is 13.8 Å². The van der Waals surface area contributed by atoms with Crippen LogP contribution in [0.5, 0.6) is 0 Å². The van der Waals surface area contributed by atoms with E-state index in [0.717, 1.165) is 6.42 Å². The molecule has 1 aliphatic rings. The molecule has 0 aromatic heterocycles. The van der Waals surface area contributed by atoms with Crippen molar-refractivity contribution in [3.05, 3.63) is 0 Å². The molecule has 1 unspecified atom stereocenters. The van der Waals surface area contributed by atoms with Crippen molar-refractivity contribution >= 4 is 5.84 Å². The zero-order chi connectivity index (χ0) is 12.8. The number of nitrogens with two attached hydrogens (primary N) is 1. The summed E-state index contributed by atoms with van der Waals surface area (Å²) in [7, 11) is 2.20. The first-order valence-corrected chi connectivity index (χ1v) is 6.85. The summed E-state index contributed by atoms with van der Waals surface area (Å²) in [6, 6.07) is 1.10. The van der Waals surface area contributed by atoms with E-state index in [1.807, 2.05) is 0 Å². The molecule has 4 nitrogen and oxygen atoms in total. The summed E-state index contributed by atoms with van der Waals surface area (Å²) in [6.45, 7) is 8.00. The van der Waals surface area contributed by atoms with E-state index in [4.69, 9.17) is 11.1 Å². The van der Waals surface area contributed by atoms with Gasteiger partial charge in [0.1, 0.15) is 0 Å². The molecule has 0 bridgehead atoms. The molecule has 3 N–H and O–H groups in total. The van der Waals surface area contributed by atoms with Gasteiger partial charge in [-0.05, 0) is 45.9 Å². The van der Waals surface area contributed by atoms with Crippen LogP contribution >= 0.6 is 0 Å². The summed E-state index contributed by atoms with van der Waals surface area (Å²) in [5.74, 6) is 0.315. The molecule has 0 aromatic carbocycles. The summed E-state index contributed by atoms with van der Waals surface area (Å²) in [5.41, 5.74) is 5.53. The first kappa shape index (κ1) is 14.5. The van der Waals surface area contributed by atoms with Crippen molar-refractivity contribution in [2.45, 2.75) is 51.6 Å². The fraction of sp³-hybridized carbons (Fsp3) is 0.923. The average Bonchev–Trinajstić information content (AvgIpc) is 2.35. The lowest BCUT2D eigenvalue weighted by atomic mass is 9.99. The lowest BCUT2D eigenvalue weighted by molar-refractivity contribution is 0.0986. The second-order valence-electron chi connectivity index (χ2n) is 5.12. The average molecular weight is 240 g/mol. The highest BCUT2D eigenvalue weighted by Gasteiger charge is 2.25. The van der Waals surface area contributed by atoms with E-state index in [0.29, 0.717) is 24.3 Å². The minimum atomic E-state index is 0.315.